The topological polar surface area (TPSA) is 140 Å². The number of urea groups is 1. The van der Waals surface area contributed by atoms with Crippen LogP contribution < -0.4 is 15.4 Å². The lowest BCUT2D eigenvalue weighted by Gasteiger charge is -2.35. The Morgan fingerprint density at radius 1 is 1.18 bits per heavy atom. The molecule has 0 unspecified atom stereocenters. The zero-order chi connectivity index (χ0) is 27.6. The number of hydrogen-bond acceptors (Lipinski definition) is 8. The molecule has 39 heavy (non-hydrogen) atoms. The van der Waals surface area contributed by atoms with Gasteiger partial charge in [-0.25, -0.2) is 4.79 Å². The van der Waals surface area contributed by atoms with Crippen molar-refractivity contribution in [3.05, 3.63) is 58.9 Å². The number of pyridine rings is 1. The van der Waals surface area contributed by atoms with Crippen molar-refractivity contribution >= 4 is 23.7 Å². The lowest BCUT2D eigenvalue weighted by atomic mass is 9.99. The van der Waals surface area contributed by atoms with Gasteiger partial charge in [0.1, 0.15) is 11.4 Å². The Morgan fingerprint density at radius 3 is 2.59 bits per heavy atom. The Morgan fingerprint density at radius 2 is 1.97 bits per heavy atom. The van der Waals surface area contributed by atoms with Gasteiger partial charge in [0.25, 0.3) is 11.8 Å². The molecular weight excluding hydrogens is 502 g/mol. The van der Waals surface area contributed by atoms with Crippen LogP contribution in [-0.4, -0.2) is 100 Å². The van der Waals surface area contributed by atoms with Crippen LogP contribution in [0.5, 0.6) is 5.75 Å². The Bertz CT molecular complexity index is 1390. The first-order valence-electron chi connectivity index (χ1n) is 12.6. The van der Waals surface area contributed by atoms with Crippen molar-refractivity contribution in [3.8, 4) is 17.6 Å². The molecule has 3 N–H and O–H groups in total. The predicted molar refractivity (Wildman–Crippen MR) is 140 cm³/mol. The second kappa shape index (κ2) is 10.6. The number of amidine groups is 1. The third-order valence-corrected chi connectivity index (χ3v) is 7.19. The molecule has 4 amide bonds. The van der Waals surface area contributed by atoms with Gasteiger partial charge < -0.3 is 30.0 Å². The van der Waals surface area contributed by atoms with Gasteiger partial charge in [0.05, 0.1) is 13.7 Å². The lowest BCUT2D eigenvalue weighted by molar-refractivity contribution is -0.122. The minimum absolute atomic E-state index is 0.135. The molecule has 5 rings (SSSR count). The lowest BCUT2D eigenvalue weighted by Crippen LogP contribution is -2.54. The van der Waals surface area contributed by atoms with Crippen LogP contribution in [0.3, 0.4) is 0 Å². The van der Waals surface area contributed by atoms with E-state index in [0.717, 1.165) is 38.3 Å². The molecule has 2 aromatic rings. The fourth-order valence-corrected chi connectivity index (χ4v) is 4.94. The first kappa shape index (κ1) is 26.0. The molecule has 0 radical (unpaired) electrons. The summed E-state index contributed by atoms with van der Waals surface area (Å²) in [6, 6.07) is 7.95. The molecular formula is C27H29N7O5. The monoisotopic (exact) mass is 531 g/mol. The van der Waals surface area contributed by atoms with Crippen molar-refractivity contribution in [1.82, 2.24) is 30.3 Å². The zero-order valence-corrected chi connectivity index (χ0v) is 21.7. The molecule has 1 atom stereocenters. The summed E-state index contributed by atoms with van der Waals surface area (Å²) >= 11 is 0. The third kappa shape index (κ3) is 5.08. The number of methoxy groups -OCH3 is 1. The van der Waals surface area contributed by atoms with Gasteiger partial charge in [-0.3, -0.25) is 19.9 Å². The molecule has 3 aliphatic heterocycles. The van der Waals surface area contributed by atoms with E-state index in [4.69, 9.17) is 4.74 Å². The van der Waals surface area contributed by atoms with E-state index in [1.165, 1.54) is 18.2 Å². The predicted octanol–water partition coefficient (Wildman–Crippen LogP) is 0.449. The molecule has 2 saturated heterocycles. The molecule has 12 heteroatoms. The molecule has 2 fully saturated rings. The van der Waals surface area contributed by atoms with Gasteiger partial charge >= 0.3 is 6.03 Å². The van der Waals surface area contributed by atoms with Gasteiger partial charge in [-0.1, -0.05) is 30.0 Å². The van der Waals surface area contributed by atoms with Crippen LogP contribution in [0, 0.1) is 11.8 Å². The number of carbonyl (C=O) groups is 3. The fraction of sp³-hybridized carbons (Fsp3) is 0.370. The first-order valence-corrected chi connectivity index (χ1v) is 12.6. The fourth-order valence-electron chi connectivity index (χ4n) is 4.94. The number of nitrogens with one attached hydrogen (secondary N) is 2. The van der Waals surface area contributed by atoms with E-state index < -0.39 is 17.5 Å². The van der Waals surface area contributed by atoms with E-state index in [9.17, 15) is 19.6 Å². The quantitative estimate of drug-likeness (QED) is 0.126. The van der Waals surface area contributed by atoms with Gasteiger partial charge in [-0.15, -0.1) is 0 Å². The number of oxime groups is 1. The number of imide groups is 1. The Balaban J connectivity index is 1.34. The number of ether oxygens (including phenoxy) is 1. The van der Waals surface area contributed by atoms with E-state index in [2.05, 4.69) is 44.4 Å². The second-order valence-electron chi connectivity index (χ2n) is 9.52. The number of rotatable bonds is 5. The van der Waals surface area contributed by atoms with Crippen LogP contribution in [-0.2, 0) is 11.3 Å². The summed E-state index contributed by atoms with van der Waals surface area (Å²) in [5.74, 6) is 5.82. The van der Waals surface area contributed by atoms with Crippen LogP contribution in [0.25, 0.3) is 0 Å². The van der Waals surface area contributed by atoms with E-state index in [1.807, 2.05) is 4.90 Å². The molecule has 1 aromatic carbocycles. The van der Waals surface area contributed by atoms with Gasteiger partial charge in [-0.2, -0.15) is 0 Å². The number of hydrogen-bond donors (Lipinski definition) is 3. The number of aromatic nitrogens is 1. The van der Waals surface area contributed by atoms with Gasteiger partial charge in [0.2, 0.25) is 5.54 Å². The summed E-state index contributed by atoms with van der Waals surface area (Å²) in [4.78, 5) is 48.2. The van der Waals surface area contributed by atoms with Crippen molar-refractivity contribution in [3.63, 3.8) is 0 Å². The highest BCUT2D eigenvalue weighted by atomic mass is 16.5. The Labute approximate surface area is 225 Å². The number of carbonyl (C=O) groups excluding carboxylic acids is 3. The average Bonchev–Trinajstić information content (AvgIpc) is 3.42. The summed E-state index contributed by atoms with van der Waals surface area (Å²) in [6.45, 7) is 6.40. The summed E-state index contributed by atoms with van der Waals surface area (Å²) in [7, 11) is 1.52. The highest BCUT2D eigenvalue weighted by Crippen LogP contribution is 2.28. The maximum Gasteiger partial charge on any atom is 0.323 e. The Kier molecular flexibility index (Phi) is 7.08. The average molecular weight is 532 g/mol. The summed E-state index contributed by atoms with van der Waals surface area (Å²) in [6.07, 6.45) is 1.52. The normalized spacial score (nSPS) is 21.3. The van der Waals surface area contributed by atoms with E-state index in [-0.39, 0.29) is 19.0 Å². The highest BCUT2D eigenvalue weighted by Gasteiger charge is 2.48. The largest absolute Gasteiger partial charge is 0.497 e. The molecule has 12 nitrogen and oxygen atoms in total. The van der Waals surface area contributed by atoms with Crippen molar-refractivity contribution < 1.29 is 24.3 Å². The van der Waals surface area contributed by atoms with Crippen LogP contribution in [0.4, 0.5) is 4.79 Å². The second-order valence-corrected chi connectivity index (χ2v) is 9.52. The minimum atomic E-state index is -1.63. The highest BCUT2D eigenvalue weighted by molar-refractivity contribution is 6.10. The van der Waals surface area contributed by atoms with E-state index >= 15 is 0 Å². The number of piperazine rings is 1. The number of nitrogens with zero attached hydrogens (tertiary/aromatic N) is 5. The molecule has 1 aromatic heterocycles. The number of amides is 4. The van der Waals surface area contributed by atoms with E-state index in [1.54, 1.807) is 30.3 Å². The number of benzene rings is 1. The molecule has 3 aliphatic rings. The summed E-state index contributed by atoms with van der Waals surface area (Å²) < 4.78 is 5.22. The van der Waals surface area contributed by atoms with Crippen molar-refractivity contribution in [1.29, 1.82) is 0 Å². The van der Waals surface area contributed by atoms with E-state index in [0.29, 0.717) is 28.4 Å². The molecule has 0 spiro atoms. The first-order chi connectivity index (χ1) is 18.9. The minimum Gasteiger partial charge on any atom is -0.497 e. The maximum absolute atomic E-state index is 13.1. The van der Waals surface area contributed by atoms with Crippen molar-refractivity contribution in [2.45, 2.75) is 19.0 Å². The SMILES string of the molecule is CCN1CCN(/C(=N/O)c2ccc(C#C[C@]3(CN4Cc5ccc(OC)cc5C4=O)NC(=O)NC3=O)cn2)CC1. The van der Waals surface area contributed by atoms with Gasteiger partial charge in [-0.05, 0) is 36.4 Å². The molecule has 0 saturated carbocycles. The van der Waals surface area contributed by atoms with Gasteiger partial charge in [0, 0.05) is 50.0 Å². The Hall–Kier alpha value is -4.63. The van der Waals surface area contributed by atoms with Crippen molar-refractivity contribution in [2.24, 2.45) is 5.16 Å². The van der Waals surface area contributed by atoms with Crippen LogP contribution in [0.2, 0.25) is 0 Å². The summed E-state index contributed by atoms with van der Waals surface area (Å²) in [5, 5.41) is 18.0. The summed E-state index contributed by atoms with van der Waals surface area (Å²) in [5.41, 5.74) is 0.630. The van der Waals surface area contributed by atoms with Crippen LogP contribution in [0.15, 0.2) is 41.7 Å². The van der Waals surface area contributed by atoms with Gasteiger partial charge in [0.15, 0.2) is 5.84 Å². The smallest absolute Gasteiger partial charge is 0.323 e. The maximum atomic E-state index is 13.1. The number of likely N-dealkylation sites (N-methyl/N-ethyl adjacent to an activating group) is 1. The molecule has 0 aliphatic carbocycles. The molecule has 0 bridgehead atoms. The molecule has 202 valence electrons. The standard InChI is InChI=1S/C27H29N7O5/c1-3-32-10-12-33(13-11-32)23(31-38)22-7-4-18(15-28-22)8-9-27(25(36)29-26(37)30-27)17-34-16-19-5-6-20(39-2)14-21(19)24(34)35/h4-7,14-15,38H,3,10-13,16-17H2,1-2H3,(H2,29,30,36,37)/b31-23+/t27-/m1/s1. The van der Waals surface area contributed by atoms with Crippen LogP contribution >= 0.6 is 0 Å². The number of fused-ring (bicyclic) bond motifs is 1. The third-order valence-electron chi connectivity index (χ3n) is 7.19. The zero-order valence-electron chi connectivity index (χ0n) is 21.7. The molecule has 4 heterocycles. The van der Waals surface area contributed by atoms with Crippen LogP contribution in [0.1, 0.15) is 34.1 Å². The van der Waals surface area contributed by atoms with Crippen molar-refractivity contribution in [2.75, 3.05) is 46.4 Å².